The Morgan fingerprint density at radius 1 is 1.13 bits per heavy atom. The van der Waals surface area contributed by atoms with Crippen molar-refractivity contribution in [3.63, 3.8) is 0 Å². The first-order chi connectivity index (χ1) is 18.3. The predicted octanol–water partition coefficient (Wildman–Crippen LogP) is 3.12. The third kappa shape index (κ3) is 6.35. The highest BCUT2D eigenvalue weighted by Gasteiger charge is 2.32. The van der Waals surface area contributed by atoms with Gasteiger partial charge in [0.2, 0.25) is 5.69 Å². The number of piperazine rings is 1. The lowest BCUT2D eigenvalue weighted by Gasteiger charge is -2.34. The number of rotatable bonds is 6. The zero-order chi connectivity index (χ0) is 28.5. The quantitative estimate of drug-likeness (QED) is 0.216. The van der Waals surface area contributed by atoms with Crippen LogP contribution in [0.5, 0.6) is 0 Å². The van der Waals surface area contributed by atoms with Crippen LogP contribution in [-0.2, 0) is 13.2 Å². The standard InChI is InChI=1S/C27H33F3N8O/c1-17-5-6-19(11-25(17)38(32)16-24(31)23-15-33-36(4)18(23)2)26(39)34-21-12-20(27(28,29)30)13-22(14-21)37-9-7-35(3)8-10-37/h5-6,11-16H,7-10,31-32H2,1-4H3,(H,34,39)/p+1. The molecule has 1 amide bonds. The molecule has 0 saturated carbocycles. The molecular weight excluding hydrogens is 509 g/mol. The van der Waals surface area contributed by atoms with Crippen molar-refractivity contribution in [1.29, 1.82) is 0 Å². The van der Waals surface area contributed by atoms with Gasteiger partial charge in [-0.1, -0.05) is 6.07 Å². The minimum Gasteiger partial charge on any atom is -0.397 e. The van der Waals surface area contributed by atoms with Crippen molar-refractivity contribution in [3.05, 3.63) is 76.7 Å². The van der Waals surface area contributed by atoms with Crippen molar-refractivity contribution < 1.29 is 22.6 Å². The molecule has 2 aromatic carbocycles. The number of aromatic nitrogens is 2. The van der Waals surface area contributed by atoms with E-state index in [-0.39, 0.29) is 11.3 Å². The van der Waals surface area contributed by atoms with E-state index in [2.05, 4.69) is 15.3 Å². The second kappa shape index (κ2) is 11.0. The van der Waals surface area contributed by atoms with Crippen LogP contribution in [-0.4, -0.2) is 49.1 Å². The van der Waals surface area contributed by atoms with Crippen molar-refractivity contribution in [3.8, 4) is 0 Å². The summed E-state index contributed by atoms with van der Waals surface area (Å²) in [5.74, 6) is 5.73. The third-order valence-corrected chi connectivity index (χ3v) is 7.01. The predicted molar refractivity (Wildman–Crippen MR) is 146 cm³/mol. The van der Waals surface area contributed by atoms with Gasteiger partial charge in [0.25, 0.3) is 5.91 Å². The van der Waals surface area contributed by atoms with Crippen LogP contribution in [0.25, 0.3) is 5.70 Å². The van der Waals surface area contributed by atoms with Gasteiger partial charge in [0.1, 0.15) is 0 Å². The maximum atomic E-state index is 13.7. The number of anilines is 3. The SMILES string of the molecule is Cc1ccc(C(=O)Nc2cc(N3CCN(C)CC3)cc(C(F)(F)F)c2)cc1N(N)C=C(N)c1c[nH][n+](C)c1C. The van der Waals surface area contributed by atoms with Gasteiger partial charge in [-0.3, -0.25) is 9.80 Å². The Hall–Kier alpha value is -4.03. The smallest absolute Gasteiger partial charge is 0.397 e. The molecule has 1 aliphatic heterocycles. The molecule has 0 radical (unpaired) electrons. The van der Waals surface area contributed by atoms with Crippen LogP contribution >= 0.6 is 0 Å². The van der Waals surface area contributed by atoms with Crippen LogP contribution in [0.1, 0.15) is 32.7 Å². The maximum absolute atomic E-state index is 13.7. The average Bonchev–Trinajstić information content (AvgIpc) is 3.21. The van der Waals surface area contributed by atoms with Crippen molar-refractivity contribution in [1.82, 2.24) is 10.00 Å². The van der Waals surface area contributed by atoms with Crippen molar-refractivity contribution in [2.45, 2.75) is 20.0 Å². The van der Waals surface area contributed by atoms with Crippen LogP contribution in [0.3, 0.4) is 0 Å². The number of benzene rings is 2. The van der Waals surface area contributed by atoms with Crippen molar-refractivity contribution >= 4 is 28.7 Å². The number of nitrogens with zero attached hydrogens (tertiary/aromatic N) is 4. The number of carbonyl (C=O) groups excluding carboxylic acids is 1. The number of amides is 1. The highest BCUT2D eigenvalue weighted by atomic mass is 19.4. The van der Waals surface area contributed by atoms with E-state index in [1.54, 1.807) is 36.7 Å². The molecule has 0 bridgehead atoms. The normalized spacial score (nSPS) is 15.0. The average molecular weight is 544 g/mol. The van der Waals surface area contributed by atoms with Gasteiger partial charge in [0, 0.05) is 56.2 Å². The number of likely N-dealkylation sites (N-methyl/N-ethyl adjacent to an activating group) is 1. The Kier molecular flexibility index (Phi) is 7.89. The Balaban J connectivity index is 1.59. The molecule has 1 saturated heterocycles. The number of hydrazine groups is 1. The van der Waals surface area contributed by atoms with E-state index < -0.39 is 17.6 Å². The first kappa shape index (κ1) is 28.0. The summed E-state index contributed by atoms with van der Waals surface area (Å²) in [5.41, 5.74) is 9.57. The molecule has 1 aromatic heterocycles. The first-order valence-corrected chi connectivity index (χ1v) is 12.5. The topological polar surface area (TPSA) is 111 Å². The molecule has 0 atom stereocenters. The number of alkyl halides is 3. The second-order valence-electron chi connectivity index (χ2n) is 9.84. The van der Waals surface area contributed by atoms with E-state index in [1.807, 2.05) is 37.5 Å². The number of nitrogens with two attached hydrogens (primary N) is 2. The zero-order valence-corrected chi connectivity index (χ0v) is 22.4. The number of halogens is 3. The number of H-pyrrole nitrogens is 1. The summed E-state index contributed by atoms with van der Waals surface area (Å²) in [7, 11) is 3.83. The van der Waals surface area contributed by atoms with Crippen LogP contribution in [0.15, 0.2) is 48.8 Å². The fraction of sp³-hybridized carbons (Fsp3) is 0.333. The van der Waals surface area contributed by atoms with Crippen molar-refractivity contribution in [2.24, 2.45) is 18.6 Å². The van der Waals surface area contributed by atoms with Gasteiger partial charge in [-0.05, 0) is 49.9 Å². The van der Waals surface area contributed by atoms with Crippen LogP contribution in [0, 0.1) is 13.8 Å². The van der Waals surface area contributed by atoms with E-state index in [0.717, 1.165) is 42.0 Å². The molecular formula is C27H34F3N8O+. The third-order valence-electron chi connectivity index (χ3n) is 7.01. The fourth-order valence-electron chi connectivity index (χ4n) is 4.45. The molecule has 2 heterocycles. The minimum atomic E-state index is -4.56. The summed E-state index contributed by atoms with van der Waals surface area (Å²) in [6, 6.07) is 8.54. The molecule has 0 unspecified atom stereocenters. The van der Waals surface area contributed by atoms with Gasteiger partial charge in [0.15, 0.2) is 7.05 Å². The molecule has 6 N–H and O–H groups in total. The highest BCUT2D eigenvalue weighted by molar-refractivity contribution is 6.05. The van der Waals surface area contributed by atoms with E-state index in [0.29, 0.717) is 30.2 Å². The summed E-state index contributed by atoms with van der Waals surface area (Å²) in [4.78, 5) is 17.2. The molecule has 12 heteroatoms. The second-order valence-corrected chi connectivity index (χ2v) is 9.84. The highest BCUT2D eigenvalue weighted by Crippen LogP contribution is 2.35. The summed E-state index contributed by atoms with van der Waals surface area (Å²) in [6.07, 6.45) is -1.24. The fourth-order valence-corrected chi connectivity index (χ4v) is 4.45. The molecule has 3 aromatic rings. The van der Waals surface area contributed by atoms with Gasteiger partial charge < -0.3 is 20.9 Å². The number of aryl methyl sites for hydroxylation is 2. The molecule has 0 spiro atoms. The number of aromatic amines is 1. The van der Waals surface area contributed by atoms with Crippen LogP contribution in [0.2, 0.25) is 0 Å². The molecule has 208 valence electrons. The summed E-state index contributed by atoms with van der Waals surface area (Å²) >= 11 is 0. The molecule has 9 nitrogen and oxygen atoms in total. The molecule has 0 aliphatic carbocycles. The van der Waals surface area contributed by atoms with Crippen LogP contribution in [0.4, 0.5) is 30.2 Å². The molecule has 4 rings (SSSR count). The van der Waals surface area contributed by atoms with Crippen molar-refractivity contribution in [2.75, 3.05) is 48.5 Å². The Bertz CT molecular complexity index is 1390. The van der Waals surface area contributed by atoms with Gasteiger partial charge in [-0.25, -0.2) is 5.84 Å². The molecule has 39 heavy (non-hydrogen) atoms. The van der Waals surface area contributed by atoms with E-state index in [9.17, 15) is 18.0 Å². The van der Waals surface area contributed by atoms with E-state index >= 15 is 0 Å². The van der Waals surface area contributed by atoms with Gasteiger partial charge in [-0.2, -0.15) is 18.3 Å². The lowest BCUT2D eigenvalue weighted by atomic mass is 10.1. The minimum absolute atomic E-state index is 0.0652. The van der Waals surface area contributed by atoms with E-state index in [4.69, 9.17) is 11.6 Å². The maximum Gasteiger partial charge on any atom is 0.416 e. The number of carbonyl (C=O) groups is 1. The number of hydrogen-bond donors (Lipinski definition) is 4. The van der Waals surface area contributed by atoms with Crippen LogP contribution < -0.4 is 31.5 Å². The first-order valence-electron chi connectivity index (χ1n) is 12.5. The Morgan fingerprint density at radius 2 is 1.82 bits per heavy atom. The Labute approximate surface area is 225 Å². The van der Waals surface area contributed by atoms with E-state index in [1.165, 1.54) is 5.01 Å². The summed E-state index contributed by atoms with van der Waals surface area (Å²) in [5, 5.41) is 7.00. The largest absolute Gasteiger partial charge is 0.416 e. The number of nitrogens with one attached hydrogen (secondary N) is 2. The summed E-state index contributed by atoms with van der Waals surface area (Å²) in [6.45, 7) is 6.40. The molecule has 1 aliphatic rings. The Morgan fingerprint density at radius 3 is 2.44 bits per heavy atom. The van der Waals surface area contributed by atoms with Gasteiger partial charge in [-0.15, -0.1) is 4.68 Å². The number of hydrogen-bond acceptors (Lipinski definition) is 6. The van der Waals surface area contributed by atoms with Gasteiger partial charge in [0.05, 0.1) is 28.7 Å². The zero-order valence-electron chi connectivity index (χ0n) is 22.4. The monoisotopic (exact) mass is 543 g/mol. The van der Waals surface area contributed by atoms with Gasteiger partial charge >= 0.3 is 6.18 Å². The molecule has 1 fully saturated rings. The summed E-state index contributed by atoms with van der Waals surface area (Å²) < 4.78 is 42.9. The lowest BCUT2D eigenvalue weighted by Crippen LogP contribution is -2.44. The lowest BCUT2D eigenvalue weighted by molar-refractivity contribution is -0.732.